The van der Waals surface area contributed by atoms with Crippen molar-refractivity contribution in [1.82, 2.24) is 87.6 Å². The van der Waals surface area contributed by atoms with Gasteiger partial charge in [0, 0.05) is 101 Å². The van der Waals surface area contributed by atoms with Gasteiger partial charge in [0.15, 0.2) is 0 Å². The van der Waals surface area contributed by atoms with Gasteiger partial charge >= 0.3 is 0 Å². The fraction of sp³-hybridized carbons (Fsp3) is 0.562. The molecular weight excluding hydrogens is 1680 g/mol. The minimum atomic E-state index is -1.77. The predicted molar refractivity (Wildman–Crippen MR) is 477 cm³/mol. The van der Waals surface area contributed by atoms with Crippen LogP contribution in [0.1, 0.15) is 149 Å². The number of nitrogens with two attached hydrogens (primary N) is 4. The summed E-state index contributed by atoms with van der Waals surface area (Å²) in [4.78, 5) is 260. The second-order valence-corrected chi connectivity index (χ2v) is 34.5. The van der Waals surface area contributed by atoms with Crippen LogP contribution in [0.3, 0.4) is 0 Å². The molecule has 22 N–H and O–H groups in total. The highest BCUT2D eigenvalue weighted by molar-refractivity contribution is 6.02. The first-order chi connectivity index (χ1) is 61.8. The Hall–Kier alpha value is -12.6. The largest absolute Gasteiger partial charge is 0.508 e. The second-order valence-electron chi connectivity index (χ2n) is 34.5. The zero-order valence-corrected chi connectivity index (χ0v) is 75.4. The van der Waals surface area contributed by atoms with Crippen molar-refractivity contribution in [2.45, 2.75) is 242 Å². The molecule has 3 aliphatic rings. The van der Waals surface area contributed by atoms with Gasteiger partial charge in [0.2, 0.25) is 100 Å². The molecule has 3 aliphatic heterocycles. The highest BCUT2D eigenvalue weighted by Gasteiger charge is 2.47. The predicted octanol–water partition coefficient (Wildman–Crippen LogP) is -2.51. The quantitative estimate of drug-likeness (QED) is 0.0303. The number of aromatic hydroxyl groups is 1. The number of para-hydroxylation sites is 2. The maximum absolute atomic E-state index is 15.8. The number of amides is 17. The summed E-state index contributed by atoms with van der Waals surface area (Å²) in [6, 6.07) is -1.44. The number of carbonyl (C=O) groups excluding carboxylic acids is 17. The number of aromatic nitrogens is 2. The number of rotatable bonds is 24. The molecule has 0 radical (unpaired) electrons. The van der Waals surface area contributed by atoms with Crippen molar-refractivity contribution in [3.05, 3.63) is 102 Å². The molecule has 5 aromatic rings. The minimum absolute atomic E-state index is 0.0110. The van der Waals surface area contributed by atoms with Crippen molar-refractivity contribution in [3.8, 4) is 5.75 Å². The summed E-state index contributed by atoms with van der Waals surface area (Å²) < 4.78 is 5.77. The number of benzene rings is 3. The second kappa shape index (κ2) is 48.7. The number of hydrogen-bond donors (Lipinski definition) is 18. The summed E-state index contributed by atoms with van der Waals surface area (Å²) in [6.07, 6.45) is 1.66. The fourth-order valence-corrected chi connectivity index (χ4v) is 16.3. The molecule has 15 atom stereocenters. The van der Waals surface area contributed by atoms with Crippen LogP contribution in [-0.4, -0.2) is 303 Å². The first kappa shape index (κ1) is 103. The normalized spacial score (nSPS) is 25.4. The third-order valence-corrected chi connectivity index (χ3v) is 23.6. The standard InChI is InChI=1S/C89H129N21O20/c1-11-13-24-69-82(122)99-61(34-48(3)4)79(119)105-68(77(117)96-44-74(93)114)46-130-47-75(115)97-64(36-51-27-29-54(111)30-28-51)85(125)106(8)50(7)76(116)101-66(40-73(92)113)87(127)109-33-19-26-70(109)83(123)104-67(41-91)81(121)102-63(35-49(5)6)88(128)110-45-55(112)39-72(110)84(124)100-62(37-52-42-94-58-22-17-15-20-56(52)58)80(120)98-60(31-32-90)78(118)103-65(38-53-43-95-59-23-18-16-21-57(53)59)86(126)108(10)71(25-14-12-2)89(129)107(69)9/h15-18,20-23,27-30,42-43,48-50,55,60-72,94-95,111-112H,11-14,19,24-26,31-41,44-47,90-91H2,1-10H3,(H2,92,113)(H2,93,114)(H,96,117)(H,97,115)(H,98,120)(H,99,122)(H,100,124)(H,101,116)(H,102,121)(H,103,118)(H,104,123)(H,105,119)/t50-,55+,60-,61-,62-,63-,64-,65-,66-,67-,68-,69-,70-,71-,72-/m0/s1. The molecule has 130 heavy (non-hydrogen) atoms. The number of carbonyl (C=O) groups is 17. The van der Waals surface area contributed by atoms with Crippen molar-refractivity contribution < 1.29 is 96.5 Å². The summed E-state index contributed by atoms with van der Waals surface area (Å²) >= 11 is 0. The molecule has 3 saturated heterocycles. The Balaban J connectivity index is 1.18. The number of phenols is 1. The summed E-state index contributed by atoms with van der Waals surface area (Å²) in [6.45, 7) is 8.16. The zero-order valence-electron chi connectivity index (χ0n) is 75.4. The first-order valence-corrected chi connectivity index (χ1v) is 44.3. The number of H-pyrrole nitrogens is 2. The van der Waals surface area contributed by atoms with E-state index in [1.807, 2.05) is 19.9 Å². The number of hydrogen-bond acceptors (Lipinski definition) is 22. The number of likely N-dealkylation sites (N-methyl/N-ethyl adjacent to an activating group) is 3. The third kappa shape index (κ3) is 28.2. The van der Waals surface area contributed by atoms with Crippen LogP contribution < -0.4 is 76.1 Å². The highest BCUT2D eigenvalue weighted by atomic mass is 16.5. The van der Waals surface area contributed by atoms with E-state index in [4.69, 9.17) is 27.7 Å². The summed E-state index contributed by atoms with van der Waals surface area (Å²) in [5, 5.41) is 49.3. The zero-order chi connectivity index (χ0) is 95.5. The van der Waals surface area contributed by atoms with Crippen LogP contribution in [0.2, 0.25) is 0 Å². The Morgan fingerprint density at radius 1 is 0.515 bits per heavy atom. The molecule has 41 nitrogen and oxygen atoms in total. The van der Waals surface area contributed by atoms with Crippen molar-refractivity contribution in [1.29, 1.82) is 0 Å². The van der Waals surface area contributed by atoms with Gasteiger partial charge in [-0.15, -0.1) is 0 Å². The van der Waals surface area contributed by atoms with E-state index in [2.05, 4.69) is 63.1 Å². The number of nitrogens with one attached hydrogen (secondary N) is 12. The fourth-order valence-electron chi connectivity index (χ4n) is 16.3. The topological polar surface area (TPSA) is 612 Å². The lowest BCUT2D eigenvalue weighted by Crippen LogP contribution is -2.62. The van der Waals surface area contributed by atoms with Gasteiger partial charge in [0.1, 0.15) is 96.9 Å². The van der Waals surface area contributed by atoms with Gasteiger partial charge in [0.05, 0.1) is 25.7 Å². The minimum Gasteiger partial charge on any atom is -0.508 e. The molecular formula is C89H129N21O20. The number of fused-ring (bicyclic) bond motifs is 4. The summed E-state index contributed by atoms with van der Waals surface area (Å²) in [5.74, 6) is -16.6. The average Bonchev–Trinajstić information content (AvgIpc) is 1.58. The summed E-state index contributed by atoms with van der Waals surface area (Å²) in [7, 11) is 3.97. The Morgan fingerprint density at radius 2 is 1.02 bits per heavy atom. The van der Waals surface area contributed by atoms with Crippen LogP contribution in [-0.2, 0) is 106 Å². The Labute approximate surface area is 754 Å². The maximum Gasteiger partial charge on any atom is 0.246 e. The van der Waals surface area contributed by atoms with E-state index in [0.29, 0.717) is 64.2 Å². The molecule has 17 amide bonds. The number of phenolic OH excluding ortho intramolecular Hbond substituents is 1. The Kier molecular flexibility index (Phi) is 38.5. The first-order valence-electron chi connectivity index (χ1n) is 44.3. The van der Waals surface area contributed by atoms with Gasteiger partial charge in [-0.3, -0.25) is 81.5 Å². The number of unbranched alkanes of at least 4 members (excludes halogenated alkanes) is 2. The maximum atomic E-state index is 15.8. The molecule has 0 spiro atoms. The lowest BCUT2D eigenvalue weighted by molar-refractivity contribution is -0.149. The molecule has 0 bridgehead atoms. The van der Waals surface area contributed by atoms with Crippen molar-refractivity contribution >= 4 is 122 Å². The van der Waals surface area contributed by atoms with Crippen LogP contribution in [0.15, 0.2) is 85.2 Å². The third-order valence-electron chi connectivity index (χ3n) is 23.6. The lowest BCUT2D eigenvalue weighted by Gasteiger charge is -2.36. The molecule has 710 valence electrons. The average molecular weight is 1810 g/mol. The molecule has 8 rings (SSSR count). The van der Waals surface area contributed by atoms with E-state index in [0.717, 1.165) is 14.7 Å². The van der Waals surface area contributed by atoms with E-state index in [1.165, 1.54) is 62.1 Å². The van der Waals surface area contributed by atoms with Gasteiger partial charge in [-0.1, -0.05) is 116 Å². The van der Waals surface area contributed by atoms with Gasteiger partial charge in [0.25, 0.3) is 0 Å². The van der Waals surface area contributed by atoms with Crippen LogP contribution in [0.25, 0.3) is 21.8 Å². The van der Waals surface area contributed by atoms with Gasteiger partial charge in [-0.2, -0.15) is 0 Å². The molecule has 5 heterocycles. The number of aliphatic hydroxyl groups is 1. The molecule has 2 aromatic heterocycles. The Bertz CT molecular complexity index is 4850. The van der Waals surface area contributed by atoms with Gasteiger partial charge in [-0.05, 0) is 111 Å². The van der Waals surface area contributed by atoms with Gasteiger partial charge < -0.3 is 126 Å². The number of ether oxygens (including phenoxy) is 1. The van der Waals surface area contributed by atoms with E-state index in [9.17, 15) is 58.2 Å². The van der Waals surface area contributed by atoms with E-state index in [-0.39, 0.29) is 101 Å². The van der Waals surface area contributed by atoms with E-state index >= 15 is 33.6 Å². The number of aliphatic hydroxyl groups excluding tert-OH is 1. The van der Waals surface area contributed by atoms with Gasteiger partial charge in [-0.25, -0.2) is 0 Å². The molecule has 41 heteroatoms. The molecule has 0 unspecified atom stereocenters. The highest BCUT2D eigenvalue weighted by Crippen LogP contribution is 2.28. The number of nitrogens with zero attached hydrogens (tertiary/aromatic N) is 5. The summed E-state index contributed by atoms with van der Waals surface area (Å²) in [5.41, 5.74) is 26.3. The SMILES string of the molecule is CCCC[C@H]1C(=O)N(C)[C@@H](CCCC)C(=O)N[C@@H](CC(C)C)C(=O)N[C@H](C(=O)NCC(N)=O)COCC(=O)N[C@@H](Cc2ccc(O)cc2)C(=O)N(C)[C@@H](C)C(=O)N[C@@H](CC(N)=O)C(=O)N2CCC[C@H]2C(=O)N[C@@H](CN)C(=O)N[C@@H](CC(C)C)C(=O)N2C[C@H](O)C[C@H]2C(=O)N[C@@H](Cc2c[nH]c3ccccc23)C(=O)N[C@@H](CCN)C(=O)N[C@@H](Cc2c[nH]c3ccccc23)C(=O)N1C. The van der Waals surface area contributed by atoms with E-state index < -0.39 is 230 Å². The van der Waals surface area contributed by atoms with Crippen molar-refractivity contribution in [3.63, 3.8) is 0 Å². The number of aromatic amines is 2. The molecule has 0 saturated carbocycles. The molecule has 3 aromatic carbocycles. The van der Waals surface area contributed by atoms with Crippen molar-refractivity contribution in [2.24, 2.45) is 34.8 Å². The lowest BCUT2D eigenvalue weighted by atomic mass is 9.99. The smallest absolute Gasteiger partial charge is 0.246 e. The number of primary amides is 2. The van der Waals surface area contributed by atoms with E-state index in [1.54, 1.807) is 82.6 Å². The van der Waals surface area contributed by atoms with Crippen LogP contribution in [0.5, 0.6) is 5.75 Å². The molecule has 3 fully saturated rings. The molecule has 0 aliphatic carbocycles. The van der Waals surface area contributed by atoms with Crippen molar-refractivity contribution in [2.75, 3.05) is 67.1 Å². The monoisotopic (exact) mass is 1810 g/mol. The van der Waals surface area contributed by atoms with Crippen LogP contribution >= 0.6 is 0 Å². The Morgan fingerprint density at radius 3 is 1.61 bits per heavy atom. The van der Waals surface area contributed by atoms with Crippen LogP contribution in [0, 0.1) is 11.8 Å². The van der Waals surface area contributed by atoms with Crippen LogP contribution in [0.4, 0.5) is 0 Å².